The number of rotatable bonds is 3. The summed E-state index contributed by atoms with van der Waals surface area (Å²) in [6, 6.07) is 3.43. The molecule has 3 N–H and O–H groups in total. The van der Waals surface area contributed by atoms with Gasteiger partial charge in [-0.15, -0.1) is 0 Å². The number of nitrogens with one attached hydrogen (secondary N) is 3. The van der Waals surface area contributed by atoms with E-state index in [-0.39, 0.29) is 11.1 Å². The first-order chi connectivity index (χ1) is 12.9. The van der Waals surface area contributed by atoms with E-state index in [1.165, 1.54) is 0 Å². The Morgan fingerprint density at radius 2 is 2.15 bits per heavy atom. The molecule has 3 aliphatic heterocycles. The fourth-order valence-corrected chi connectivity index (χ4v) is 3.25. The van der Waals surface area contributed by atoms with E-state index < -0.39 is 0 Å². The number of hydrogen-bond donors (Lipinski definition) is 3. The van der Waals surface area contributed by atoms with Crippen molar-refractivity contribution in [3.05, 3.63) is 63.9 Å². The molecular weight excluding hydrogens is 342 g/mol. The van der Waals surface area contributed by atoms with Gasteiger partial charge in [-0.3, -0.25) is 14.8 Å². The van der Waals surface area contributed by atoms with Crippen molar-refractivity contribution in [3.8, 4) is 0 Å². The maximum atomic E-state index is 11.7. The standard InChI is InChI=1S/C19H21N7O/c1-12-21-10-14(9-19(2,3)25-12)24-15-4-5-16(26-18(15)22-11-23-26)13-6-7-20-17(27)8-13/h4-10,23-24H,11H2,1-3H3,(H,20,27). The molecule has 8 nitrogen and oxygen atoms in total. The Kier molecular flexibility index (Phi) is 4.12. The van der Waals surface area contributed by atoms with Crippen LogP contribution in [0.2, 0.25) is 0 Å². The Labute approximate surface area is 156 Å². The molecule has 1 aromatic rings. The van der Waals surface area contributed by atoms with Gasteiger partial charge >= 0.3 is 0 Å². The van der Waals surface area contributed by atoms with E-state index in [1.54, 1.807) is 18.5 Å². The molecule has 138 valence electrons. The number of aliphatic imine (C=N–C) groups is 3. The van der Waals surface area contributed by atoms with Crippen LogP contribution in [0.15, 0.2) is 67.7 Å². The van der Waals surface area contributed by atoms with Crippen LogP contribution in [0.5, 0.6) is 0 Å². The van der Waals surface area contributed by atoms with Gasteiger partial charge in [0.05, 0.1) is 28.8 Å². The van der Waals surface area contributed by atoms with Crippen molar-refractivity contribution >= 4 is 23.6 Å². The van der Waals surface area contributed by atoms with E-state index >= 15 is 0 Å². The maximum Gasteiger partial charge on any atom is 0.248 e. The van der Waals surface area contributed by atoms with Crippen LogP contribution in [0.25, 0.3) is 5.70 Å². The zero-order chi connectivity index (χ0) is 19.0. The second kappa shape index (κ2) is 6.48. The van der Waals surface area contributed by atoms with E-state index in [4.69, 9.17) is 0 Å². The lowest BCUT2D eigenvalue weighted by atomic mass is 10.0. The molecule has 0 radical (unpaired) electrons. The number of hydrogen-bond acceptors (Lipinski definition) is 7. The van der Waals surface area contributed by atoms with Crippen molar-refractivity contribution in [3.63, 3.8) is 0 Å². The Bertz CT molecular complexity index is 1020. The summed E-state index contributed by atoms with van der Waals surface area (Å²) in [6.45, 7) is 6.43. The Hall–Kier alpha value is -3.26. The summed E-state index contributed by atoms with van der Waals surface area (Å²) in [5, 5.41) is 5.29. The zero-order valence-electron chi connectivity index (χ0n) is 15.4. The molecule has 0 atom stereocenters. The van der Waals surface area contributed by atoms with Crippen molar-refractivity contribution in [2.75, 3.05) is 6.67 Å². The molecule has 0 aromatic carbocycles. The van der Waals surface area contributed by atoms with Crippen LogP contribution in [0, 0.1) is 0 Å². The molecule has 0 aliphatic carbocycles. The third-order valence-corrected chi connectivity index (χ3v) is 4.26. The van der Waals surface area contributed by atoms with E-state index in [2.05, 4.69) is 30.7 Å². The number of aromatic nitrogens is 1. The molecule has 0 unspecified atom stereocenters. The summed E-state index contributed by atoms with van der Waals surface area (Å²) in [7, 11) is 0. The first kappa shape index (κ1) is 17.2. The first-order valence-corrected chi connectivity index (χ1v) is 8.71. The molecule has 0 spiro atoms. The molecule has 3 aliphatic rings. The van der Waals surface area contributed by atoms with Crippen LogP contribution < -0.4 is 16.3 Å². The molecular formula is C19H21N7O. The topological polar surface area (TPSA) is 97.2 Å². The quantitative estimate of drug-likeness (QED) is 0.759. The summed E-state index contributed by atoms with van der Waals surface area (Å²) < 4.78 is 0. The first-order valence-electron chi connectivity index (χ1n) is 8.71. The normalized spacial score (nSPS) is 20.7. The summed E-state index contributed by atoms with van der Waals surface area (Å²) in [4.78, 5) is 27.8. The highest BCUT2D eigenvalue weighted by atomic mass is 16.1. The second-order valence-electron chi connectivity index (χ2n) is 7.00. The molecule has 0 amide bonds. The van der Waals surface area contributed by atoms with Crippen LogP contribution in [0.1, 0.15) is 26.3 Å². The lowest BCUT2D eigenvalue weighted by Gasteiger charge is -2.28. The van der Waals surface area contributed by atoms with Crippen LogP contribution in [-0.4, -0.2) is 40.1 Å². The highest BCUT2D eigenvalue weighted by Gasteiger charge is 2.28. The average molecular weight is 363 g/mol. The minimum atomic E-state index is -0.348. The van der Waals surface area contributed by atoms with Gasteiger partial charge in [0.1, 0.15) is 12.5 Å². The van der Waals surface area contributed by atoms with Crippen LogP contribution in [-0.2, 0) is 0 Å². The van der Waals surface area contributed by atoms with Crippen molar-refractivity contribution in [2.24, 2.45) is 15.0 Å². The van der Waals surface area contributed by atoms with Gasteiger partial charge in [0.2, 0.25) is 5.56 Å². The molecule has 0 bridgehead atoms. The number of aromatic amines is 1. The van der Waals surface area contributed by atoms with Gasteiger partial charge in [-0.1, -0.05) is 0 Å². The monoisotopic (exact) mass is 363 g/mol. The van der Waals surface area contributed by atoms with E-state index in [1.807, 2.05) is 50.1 Å². The Morgan fingerprint density at radius 3 is 2.96 bits per heavy atom. The SMILES string of the molecule is CC1=NC(C)(C)C=C(NC2=CC=C(c3cc[nH]c(=O)c3)N3NCN=C23)C=N1. The molecule has 27 heavy (non-hydrogen) atoms. The fraction of sp³-hybridized carbons (Fsp3) is 0.263. The highest BCUT2D eigenvalue weighted by Crippen LogP contribution is 2.25. The largest absolute Gasteiger partial charge is 0.351 e. The molecule has 0 saturated carbocycles. The summed E-state index contributed by atoms with van der Waals surface area (Å²) in [5.74, 6) is 1.51. The molecule has 1 aromatic heterocycles. The van der Waals surface area contributed by atoms with E-state index in [0.29, 0.717) is 6.67 Å². The number of amidine groups is 2. The highest BCUT2D eigenvalue weighted by molar-refractivity contribution is 6.06. The van der Waals surface area contributed by atoms with Crippen molar-refractivity contribution in [1.82, 2.24) is 20.7 Å². The lowest BCUT2D eigenvalue weighted by molar-refractivity contribution is 0.469. The fourth-order valence-electron chi connectivity index (χ4n) is 3.25. The van der Waals surface area contributed by atoms with Crippen LogP contribution in [0.3, 0.4) is 0 Å². The van der Waals surface area contributed by atoms with Gasteiger partial charge in [0.15, 0.2) is 5.84 Å². The number of nitrogens with zero attached hydrogens (tertiary/aromatic N) is 4. The average Bonchev–Trinajstić information content (AvgIpc) is 3.04. The number of pyridine rings is 1. The number of allylic oxidation sites excluding steroid dienone is 3. The summed E-state index contributed by atoms with van der Waals surface area (Å²) >= 11 is 0. The van der Waals surface area contributed by atoms with Crippen molar-refractivity contribution < 1.29 is 0 Å². The van der Waals surface area contributed by atoms with Crippen LogP contribution in [0.4, 0.5) is 0 Å². The number of hydrazine groups is 1. The summed E-state index contributed by atoms with van der Waals surface area (Å²) in [6.07, 6.45) is 9.36. The van der Waals surface area contributed by atoms with Gasteiger partial charge < -0.3 is 10.3 Å². The molecule has 4 rings (SSSR count). The Morgan fingerprint density at radius 1 is 1.30 bits per heavy atom. The maximum absolute atomic E-state index is 11.7. The van der Waals surface area contributed by atoms with Gasteiger partial charge in [-0.2, -0.15) is 0 Å². The predicted octanol–water partition coefficient (Wildman–Crippen LogP) is 1.54. The smallest absolute Gasteiger partial charge is 0.248 e. The van der Waals surface area contributed by atoms with Crippen molar-refractivity contribution in [1.29, 1.82) is 0 Å². The van der Waals surface area contributed by atoms with Crippen LogP contribution >= 0.6 is 0 Å². The molecule has 0 fully saturated rings. The van der Waals surface area contributed by atoms with Gasteiger partial charge in [0, 0.05) is 17.8 Å². The second-order valence-corrected chi connectivity index (χ2v) is 7.00. The third-order valence-electron chi connectivity index (χ3n) is 4.26. The molecule has 4 heterocycles. The summed E-state index contributed by atoms with van der Waals surface area (Å²) in [5.41, 5.74) is 6.12. The minimum absolute atomic E-state index is 0.142. The molecule has 0 saturated heterocycles. The lowest BCUT2D eigenvalue weighted by Crippen LogP contribution is -2.41. The zero-order valence-corrected chi connectivity index (χ0v) is 15.4. The number of fused-ring (bicyclic) bond motifs is 1. The third kappa shape index (κ3) is 3.52. The Balaban J connectivity index is 1.67. The van der Waals surface area contributed by atoms with Gasteiger partial charge in [-0.25, -0.2) is 15.4 Å². The number of H-pyrrole nitrogens is 1. The van der Waals surface area contributed by atoms with Gasteiger partial charge in [-0.05, 0) is 45.1 Å². The van der Waals surface area contributed by atoms with E-state index in [9.17, 15) is 4.79 Å². The molecule has 8 heteroatoms. The predicted molar refractivity (Wildman–Crippen MR) is 107 cm³/mol. The van der Waals surface area contributed by atoms with Gasteiger partial charge in [0.25, 0.3) is 0 Å². The van der Waals surface area contributed by atoms with E-state index in [0.717, 1.165) is 34.3 Å². The minimum Gasteiger partial charge on any atom is -0.351 e. The van der Waals surface area contributed by atoms with Crippen molar-refractivity contribution in [2.45, 2.75) is 26.3 Å².